The number of dihydropyridines is 1. The molecule has 3 heteroatoms. The maximum absolute atomic E-state index is 6.41. The molecule has 7 aromatic carbocycles. The van der Waals surface area contributed by atoms with E-state index in [9.17, 15) is 0 Å². The van der Waals surface area contributed by atoms with Crippen LogP contribution in [0.5, 0.6) is 0 Å². The molecular formula is C54H42N2O. The van der Waals surface area contributed by atoms with E-state index in [2.05, 4.69) is 218 Å². The lowest BCUT2D eigenvalue weighted by molar-refractivity contribution is 0.669. The molecule has 274 valence electrons. The van der Waals surface area contributed by atoms with Crippen molar-refractivity contribution in [2.45, 2.75) is 19.8 Å². The van der Waals surface area contributed by atoms with E-state index in [1.165, 1.54) is 55.3 Å². The number of hydrogen-bond acceptors (Lipinski definition) is 2. The summed E-state index contributed by atoms with van der Waals surface area (Å²) in [6, 6.07) is 55.2. The van der Waals surface area contributed by atoms with Gasteiger partial charge in [0, 0.05) is 45.0 Å². The van der Waals surface area contributed by atoms with Gasteiger partial charge in [-0.25, -0.2) is 0 Å². The lowest BCUT2D eigenvalue weighted by atomic mass is 9.90. The fourth-order valence-electron chi connectivity index (χ4n) is 8.57. The van der Waals surface area contributed by atoms with Gasteiger partial charge in [0.15, 0.2) is 0 Å². The summed E-state index contributed by atoms with van der Waals surface area (Å²) in [5.74, 6) is 0.258. The third kappa shape index (κ3) is 6.18. The Hall–Kier alpha value is -7.10. The van der Waals surface area contributed by atoms with Crippen LogP contribution in [0.25, 0.3) is 88.5 Å². The van der Waals surface area contributed by atoms with Crippen LogP contribution in [0.1, 0.15) is 30.9 Å². The number of benzene rings is 7. The van der Waals surface area contributed by atoms with Gasteiger partial charge in [-0.1, -0.05) is 140 Å². The van der Waals surface area contributed by atoms with Gasteiger partial charge in [-0.3, -0.25) is 0 Å². The van der Waals surface area contributed by atoms with E-state index in [0.29, 0.717) is 0 Å². The average Bonchev–Trinajstić information content (AvgIpc) is 3.81. The summed E-state index contributed by atoms with van der Waals surface area (Å²) in [6.45, 7) is 5.15. The Balaban J connectivity index is 1.19. The molecule has 0 aliphatic carbocycles. The van der Waals surface area contributed by atoms with Crippen LogP contribution in [-0.4, -0.2) is 11.1 Å². The summed E-state index contributed by atoms with van der Waals surface area (Å²) < 4.78 is 8.84. The van der Waals surface area contributed by atoms with E-state index in [0.717, 1.165) is 50.9 Å². The van der Waals surface area contributed by atoms with Crippen LogP contribution in [0.2, 0.25) is 0 Å². The highest BCUT2D eigenvalue weighted by Crippen LogP contribution is 2.41. The summed E-state index contributed by atoms with van der Waals surface area (Å²) in [7, 11) is 0. The molecule has 0 saturated heterocycles. The third-order valence-corrected chi connectivity index (χ3v) is 11.4. The van der Waals surface area contributed by atoms with Gasteiger partial charge in [-0.15, -0.1) is 0 Å². The summed E-state index contributed by atoms with van der Waals surface area (Å²) in [6.07, 6.45) is 15.0. The molecule has 9 aromatic rings. The number of allylic oxidation sites excluding steroid dienone is 6. The van der Waals surface area contributed by atoms with E-state index in [1.807, 2.05) is 0 Å². The molecule has 57 heavy (non-hydrogen) atoms. The lowest BCUT2D eigenvalue weighted by Gasteiger charge is -2.16. The Kier molecular flexibility index (Phi) is 8.76. The maximum Gasteiger partial charge on any atom is 0.135 e. The highest BCUT2D eigenvalue weighted by molar-refractivity contribution is 6.13. The Labute approximate surface area is 333 Å². The van der Waals surface area contributed by atoms with Crippen molar-refractivity contribution >= 4 is 49.4 Å². The fourth-order valence-corrected chi connectivity index (χ4v) is 8.57. The van der Waals surface area contributed by atoms with Crippen LogP contribution in [0.4, 0.5) is 0 Å². The van der Waals surface area contributed by atoms with E-state index in [-0.39, 0.29) is 5.92 Å². The predicted octanol–water partition coefficient (Wildman–Crippen LogP) is 14.4. The van der Waals surface area contributed by atoms with Gasteiger partial charge in [-0.05, 0) is 112 Å². The van der Waals surface area contributed by atoms with Crippen LogP contribution in [-0.2, 0) is 0 Å². The van der Waals surface area contributed by atoms with Crippen molar-refractivity contribution in [1.29, 1.82) is 0 Å². The molecule has 1 atom stereocenters. The normalized spacial score (nSPS) is 13.7. The first-order valence-electron chi connectivity index (χ1n) is 19.8. The second kappa shape index (κ2) is 14.5. The van der Waals surface area contributed by atoms with E-state index in [1.54, 1.807) is 0 Å². The number of fused-ring (bicyclic) bond motifs is 6. The minimum atomic E-state index is 0.258. The molecule has 3 heterocycles. The number of aromatic nitrogens is 1. The van der Waals surface area contributed by atoms with Crippen LogP contribution in [0.3, 0.4) is 0 Å². The quantitative estimate of drug-likeness (QED) is 0.158. The van der Waals surface area contributed by atoms with Gasteiger partial charge < -0.3 is 14.3 Å². The summed E-state index contributed by atoms with van der Waals surface area (Å²) in [5.41, 5.74) is 16.1. The Morgan fingerprint density at radius 1 is 0.579 bits per heavy atom. The first kappa shape index (κ1) is 34.4. The van der Waals surface area contributed by atoms with Crippen molar-refractivity contribution in [3.8, 4) is 39.1 Å². The molecule has 1 aliphatic rings. The average molecular weight is 735 g/mol. The van der Waals surface area contributed by atoms with Crippen molar-refractivity contribution in [3.63, 3.8) is 0 Å². The molecule has 1 aliphatic heterocycles. The Morgan fingerprint density at radius 2 is 1.21 bits per heavy atom. The summed E-state index contributed by atoms with van der Waals surface area (Å²) >= 11 is 0. The number of nitrogens with zero attached hydrogens (tertiary/aromatic N) is 1. The van der Waals surface area contributed by atoms with Gasteiger partial charge in [0.2, 0.25) is 0 Å². The van der Waals surface area contributed by atoms with Gasteiger partial charge >= 0.3 is 0 Å². The molecule has 0 bridgehead atoms. The van der Waals surface area contributed by atoms with Gasteiger partial charge in [0.05, 0.1) is 11.0 Å². The number of rotatable bonds is 8. The van der Waals surface area contributed by atoms with Crippen LogP contribution < -0.4 is 5.32 Å². The highest BCUT2D eigenvalue weighted by Gasteiger charge is 2.19. The molecule has 1 unspecified atom stereocenters. The minimum absolute atomic E-state index is 0.258. The maximum atomic E-state index is 6.41. The lowest BCUT2D eigenvalue weighted by Crippen LogP contribution is -2.14. The predicted molar refractivity (Wildman–Crippen MR) is 242 cm³/mol. The second-order valence-electron chi connectivity index (χ2n) is 14.9. The van der Waals surface area contributed by atoms with Crippen molar-refractivity contribution in [3.05, 3.63) is 205 Å². The Morgan fingerprint density at radius 3 is 1.95 bits per heavy atom. The zero-order chi connectivity index (χ0) is 38.3. The zero-order valence-electron chi connectivity index (χ0n) is 32.1. The Bertz CT molecular complexity index is 3100. The van der Waals surface area contributed by atoms with Gasteiger partial charge in [0.1, 0.15) is 11.2 Å². The molecule has 1 N–H and O–H groups in total. The van der Waals surface area contributed by atoms with E-state index in [4.69, 9.17) is 4.42 Å². The van der Waals surface area contributed by atoms with E-state index < -0.39 is 0 Å². The standard InChI is InChI=1S/C54H42N2O/c1-3-4-6-15-36(2)42-18-9-10-19-43(42)39-23-27-51-46(33-39)47-34-40(44-20-11-12-21-45(44)50-22-13-14-31-55-50)24-28-52(47)56(51)41-26-30-54-49(35-41)48-32-38(25-29-53(48)57-54)37-16-7-5-8-17-37/h3-30,32-36,55H,31H2,1-2H3/b4-3-,15-6-. The minimum Gasteiger partial charge on any atom is -0.456 e. The molecule has 0 fully saturated rings. The number of hydrogen-bond donors (Lipinski definition) is 1. The molecule has 0 radical (unpaired) electrons. The van der Waals surface area contributed by atoms with E-state index >= 15 is 0 Å². The summed E-state index contributed by atoms with van der Waals surface area (Å²) in [4.78, 5) is 0. The van der Waals surface area contributed by atoms with Gasteiger partial charge in [-0.2, -0.15) is 0 Å². The topological polar surface area (TPSA) is 30.1 Å². The number of furan rings is 1. The van der Waals surface area contributed by atoms with Crippen molar-refractivity contribution < 1.29 is 4.42 Å². The smallest absolute Gasteiger partial charge is 0.135 e. The molecule has 0 saturated carbocycles. The third-order valence-electron chi connectivity index (χ3n) is 11.4. The molecule has 0 spiro atoms. The SMILES string of the molecule is C/C=C\C=C/C(C)c1ccccc1-c1ccc2c(c1)c1cc(-c3ccccc3C3=CC=CCN3)ccc1n2-c1ccc2oc3ccc(-c4ccccc4)cc3c2c1. The first-order valence-corrected chi connectivity index (χ1v) is 19.8. The summed E-state index contributed by atoms with van der Waals surface area (Å²) in [5, 5.41) is 8.24. The largest absolute Gasteiger partial charge is 0.456 e. The molecule has 2 aromatic heterocycles. The van der Waals surface area contributed by atoms with Crippen molar-refractivity contribution in [2.75, 3.05) is 6.54 Å². The van der Waals surface area contributed by atoms with Crippen LogP contribution in [0, 0.1) is 0 Å². The van der Waals surface area contributed by atoms with Gasteiger partial charge in [0.25, 0.3) is 0 Å². The monoisotopic (exact) mass is 734 g/mol. The molecule has 10 rings (SSSR count). The second-order valence-corrected chi connectivity index (χ2v) is 14.9. The molecule has 3 nitrogen and oxygen atoms in total. The number of nitrogens with one attached hydrogen (secondary N) is 1. The van der Waals surface area contributed by atoms with Crippen molar-refractivity contribution in [1.82, 2.24) is 9.88 Å². The fraction of sp³-hybridized carbons (Fsp3) is 0.0741. The van der Waals surface area contributed by atoms with Crippen molar-refractivity contribution in [2.24, 2.45) is 0 Å². The molecular weight excluding hydrogens is 693 g/mol. The highest BCUT2D eigenvalue weighted by atomic mass is 16.3. The zero-order valence-corrected chi connectivity index (χ0v) is 32.1. The molecule has 0 amide bonds. The first-order chi connectivity index (χ1) is 28.1. The van der Waals surface area contributed by atoms with Crippen LogP contribution >= 0.6 is 0 Å². The van der Waals surface area contributed by atoms with Crippen LogP contribution in [0.15, 0.2) is 199 Å².